The quantitative estimate of drug-likeness (QED) is 0.661. The maximum absolute atomic E-state index is 5.84. The second-order valence-corrected chi connectivity index (χ2v) is 4.94. The topological polar surface area (TPSA) is 0 Å². The summed E-state index contributed by atoms with van der Waals surface area (Å²) in [6.07, 6.45) is 0. The zero-order valence-corrected chi connectivity index (χ0v) is 10.3. The van der Waals surface area contributed by atoms with Crippen LogP contribution in [-0.2, 0) is 5.88 Å². The molecule has 13 heavy (non-hydrogen) atoms. The standard InChI is InChI=1S/C10H8BrClS/c1-6-4-7(5-12)9(11)8-2-3-13-10(6)8/h2-4H,5H2,1H3. The van der Waals surface area contributed by atoms with E-state index >= 15 is 0 Å². The summed E-state index contributed by atoms with van der Waals surface area (Å²) in [7, 11) is 0. The highest BCUT2D eigenvalue weighted by molar-refractivity contribution is 9.10. The average molecular weight is 276 g/mol. The van der Waals surface area contributed by atoms with E-state index in [2.05, 4.69) is 40.4 Å². The van der Waals surface area contributed by atoms with Crippen molar-refractivity contribution in [2.45, 2.75) is 12.8 Å². The maximum atomic E-state index is 5.84. The van der Waals surface area contributed by atoms with Gasteiger partial charge in [-0.05, 0) is 45.4 Å². The molecule has 1 heterocycles. The molecule has 0 atom stereocenters. The van der Waals surface area contributed by atoms with Crippen LogP contribution in [0.5, 0.6) is 0 Å². The second-order valence-electron chi connectivity index (χ2n) is 2.96. The number of thiophene rings is 1. The van der Waals surface area contributed by atoms with E-state index in [-0.39, 0.29) is 0 Å². The Bertz CT molecular complexity index is 447. The molecule has 68 valence electrons. The molecule has 0 fully saturated rings. The predicted molar refractivity (Wildman–Crippen MR) is 63.8 cm³/mol. The Morgan fingerprint density at radius 3 is 3.00 bits per heavy atom. The summed E-state index contributed by atoms with van der Waals surface area (Å²) < 4.78 is 2.49. The minimum atomic E-state index is 0.563. The van der Waals surface area contributed by atoms with Crippen LogP contribution in [-0.4, -0.2) is 0 Å². The van der Waals surface area contributed by atoms with Crippen LogP contribution in [0.2, 0.25) is 0 Å². The van der Waals surface area contributed by atoms with Gasteiger partial charge in [-0.2, -0.15) is 0 Å². The molecule has 0 bridgehead atoms. The van der Waals surface area contributed by atoms with Crippen molar-refractivity contribution >= 4 is 49.0 Å². The number of alkyl halides is 1. The third kappa shape index (κ3) is 1.51. The van der Waals surface area contributed by atoms with Gasteiger partial charge in [0.2, 0.25) is 0 Å². The fourth-order valence-corrected chi connectivity index (χ4v) is 3.42. The molecule has 0 radical (unpaired) electrons. The highest BCUT2D eigenvalue weighted by Crippen LogP contribution is 2.34. The van der Waals surface area contributed by atoms with E-state index in [9.17, 15) is 0 Å². The summed E-state index contributed by atoms with van der Waals surface area (Å²) in [6.45, 7) is 2.13. The lowest BCUT2D eigenvalue weighted by Gasteiger charge is -2.04. The number of aryl methyl sites for hydroxylation is 1. The van der Waals surface area contributed by atoms with E-state index in [1.165, 1.54) is 21.2 Å². The lowest BCUT2D eigenvalue weighted by atomic mass is 10.1. The summed E-state index contributed by atoms with van der Waals surface area (Å²) in [5.74, 6) is 0.563. The third-order valence-electron chi connectivity index (χ3n) is 2.08. The van der Waals surface area contributed by atoms with Crippen molar-refractivity contribution in [3.63, 3.8) is 0 Å². The summed E-state index contributed by atoms with van der Waals surface area (Å²) in [4.78, 5) is 0. The molecule has 0 saturated heterocycles. The lowest BCUT2D eigenvalue weighted by Crippen LogP contribution is -1.83. The van der Waals surface area contributed by atoms with Gasteiger partial charge in [0.1, 0.15) is 0 Å². The van der Waals surface area contributed by atoms with Crippen molar-refractivity contribution in [2.24, 2.45) is 0 Å². The summed E-state index contributed by atoms with van der Waals surface area (Å²) in [6, 6.07) is 4.28. The third-order valence-corrected chi connectivity index (χ3v) is 4.35. The summed E-state index contributed by atoms with van der Waals surface area (Å²) in [5, 5.41) is 3.39. The Hall–Kier alpha value is -0.0500. The number of hydrogen-bond donors (Lipinski definition) is 0. The molecule has 0 N–H and O–H groups in total. The Morgan fingerprint density at radius 1 is 1.54 bits per heavy atom. The van der Waals surface area contributed by atoms with Crippen LogP contribution < -0.4 is 0 Å². The van der Waals surface area contributed by atoms with E-state index in [4.69, 9.17) is 11.6 Å². The average Bonchev–Trinajstić information content (AvgIpc) is 2.60. The van der Waals surface area contributed by atoms with Gasteiger partial charge in [0.25, 0.3) is 0 Å². The molecule has 2 rings (SSSR count). The van der Waals surface area contributed by atoms with Crippen molar-refractivity contribution in [1.29, 1.82) is 0 Å². The van der Waals surface area contributed by atoms with Gasteiger partial charge >= 0.3 is 0 Å². The van der Waals surface area contributed by atoms with E-state index in [1.807, 2.05) is 0 Å². The molecule has 1 aromatic heterocycles. The first-order valence-electron chi connectivity index (χ1n) is 3.95. The van der Waals surface area contributed by atoms with Crippen molar-refractivity contribution in [3.05, 3.63) is 33.1 Å². The van der Waals surface area contributed by atoms with Crippen LogP contribution >= 0.6 is 38.9 Å². The van der Waals surface area contributed by atoms with Gasteiger partial charge in [-0.1, -0.05) is 6.07 Å². The first kappa shape index (κ1) is 9.50. The van der Waals surface area contributed by atoms with Gasteiger partial charge in [0.05, 0.1) is 0 Å². The first-order valence-corrected chi connectivity index (χ1v) is 6.16. The minimum Gasteiger partial charge on any atom is -0.143 e. The monoisotopic (exact) mass is 274 g/mol. The summed E-state index contributed by atoms with van der Waals surface area (Å²) in [5.41, 5.74) is 2.48. The van der Waals surface area contributed by atoms with Crippen molar-refractivity contribution < 1.29 is 0 Å². The van der Waals surface area contributed by atoms with Gasteiger partial charge in [-0.3, -0.25) is 0 Å². The lowest BCUT2D eigenvalue weighted by molar-refractivity contribution is 1.36. The molecule has 1 aromatic carbocycles. The van der Waals surface area contributed by atoms with Crippen LogP contribution in [0.3, 0.4) is 0 Å². The maximum Gasteiger partial charge on any atom is 0.0485 e. The highest BCUT2D eigenvalue weighted by Gasteiger charge is 2.07. The van der Waals surface area contributed by atoms with Crippen molar-refractivity contribution in [2.75, 3.05) is 0 Å². The Morgan fingerprint density at radius 2 is 2.31 bits per heavy atom. The molecular weight excluding hydrogens is 268 g/mol. The van der Waals surface area contributed by atoms with Gasteiger partial charge < -0.3 is 0 Å². The minimum absolute atomic E-state index is 0.563. The van der Waals surface area contributed by atoms with Crippen LogP contribution in [0.1, 0.15) is 11.1 Å². The summed E-state index contributed by atoms with van der Waals surface area (Å²) >= 11 is 11.2. The molecule has 0 nitrogen and oxygen atoms in total. The Labute approximate surface area is 94.7 Å². The van der Waals surface area contributed by atoms with Crippen LogP contribution in [0, 0.1) is 6.92 Å². The fourth-order valence-electron chi connectivity index (χ4n) is 1.45. The molecule has 0 amide bonds. The smallest absolute Gasteiger partial charge is 0.0485 e. The highest BCUT2D eigenvalue weighted by atomic mass is 79.9. The van der Waals surface area contributed by atoms with Gasteiger partial charge in [-0.25, -0.2) is 0 Å². The molecule has 0 saturated carbocycles. The predicted octanol–water partition coefficient (Wildman–Crippen LogP) is 4.71. The second kappa shape index (κ2) is 3.60. The van der Waals surface area contributed by atoms with E-state index < -0.39 is 0 Å². The molecule has 0 aliphatic carbocycles. The Balaban J connectivity index is 2.85. The fraction of sp³-hybridized carbons (Fsp3) is 0.200. The number of fused-ring (bicyclic) bond motifs is 1. The normalized spacial score (nSPS) is 11.0. The molecular formula is C10H8BrClS. The zero-order valence-electron chi connectivity index (χ0n) is 7.10. The number of rotatable bonds is 1. The van der Waals surface area contributed by atoms with E-state index in [0.29, 0.717) is 5.88 Å². The molecule has 2 aromatic rings. The van der Waals surface area contributed by atoms with Gasteiger partial charge in [0, 0.05) is 20.4 Å². The van der Waals surface area contributed by atoms with Crippen molar-refractivity contribution in [1.82, 2.24) is 0 Å². The van der Waals surface area contributed by atoms with E-state index in [1.54, 1.807) is 11.3 Å². The van der Waals surface area contributed by atoms with Crippen LogP contribution in [0.25, 0.3) is 10.1 Å². The molecule has 0 aliphatic heterocycles. The molecule has 3 heteroatoms. The number of hydrogen-bond acceptors (Lipinski definition) is 1. The molecule has 0 unspecified atom stereocenters. The van der Waals surface area contributed by atoms with Crippen molar-refractivity contribution in [3.8, 4) is 0 Å². The SMILES string of the molecule is Cc1cc(CCl)c(Br)c2ccsc12. The molecule has 0 spiro atoms. The number of benzene rings is 1. The van der Waals surface area contributed by atoms with Crippen LogP contribution in [0.4, 0.5) is 0 Å². The zero-order chi connectivity index (χ0) is 9.42. The van der Waals surface area contributed by atoms with Gasteiger partial charge in [0.15, 0.2) is 0 Å². The van der Waals surface area contributed by atoms with E-state index in [0.717, 1.165) is 4.47 Å². The number of halogens is 2. The largest absolute Gasteiger partial charge is 0.143 e. The van der Waals surface area contributed by atoms with Crippen LogP contribution in [0.15, 0.2) is 22.0 Å². The van der Waals surface area contributed by atoms with Gasteiger partial charge in [-0.15, -0.1) is 22.9 Å². The Kier molecular flexibility index (Phi) is 2.63. The molecule has 0 aliphatic rings. The first-order chi connectivity index (χ1) is 6.24.